The van der Waals surface area contributed by atoms with Crippen molar-refractivity contribution >= 4 is 0 Å². The van der Waals surface area contributed by atoms with Gasteiger partial charge in [-0.25, -0.2) is 0 Å². The van der Waals surface area contributed by atoms with Crippen molar-refractivity contribution in [2.24, 2.45) is 17.8 Å². The second-order valence-corrected chi connectivity index (χ2v) is 16.6. The summed E-state index contributed by atoms with van der Waals surface area (Å²) in [4.78, 5) is 6.81. The van der Waals surface area contributed by atoms with E-state index >= 15 is 0 Å². The molecule has 3 unspecified atom stereocenters. The minimum atomic E-state index is 0. The number of nitrogens with zero attached hydrogens (tertiary/aromatic N) is 3. The zero-order chi connectivity index (χ0) is 34.2. The SMILES string of the molecule is C1CCCC1.C1CCCC1.C1CCCC1.C1CCCC1.CN(C)CC1[CH-]CCC1.CN(C)CC1[CH-]CCC1.CN(C)CC1[CH-]CCC1.[Fe+2].[Fe+2].[Fe+2].[Ti+4]. The van der Waals surface area contributed by atoms with Gasteiger partial charge in [0.25, 0.3) is 0 Å². The summed E-state index contributed by atoms with van der Waals surface area (Å²) in [6, 6.07) is 0. The Kier molecular flexibility index (Phi) is 52.6. The molecule has 0 saturated heterocycles. The van der Waals surface area contributed by atoms with E-state index in [1.54, 1.807) is 0 Å². The van der Waals surface area contributed by atoms with Crippen molar-refractivity contribution in [3.63, 3.8) is 0 Å². The third-order valence-electron chi connectivity index (χ3n) is 10.6. The van der Waals surface area contributed by atoms with E-state index in [1.807, 2.05) is 0 Å². The molecule has 0 aromatic rings. The summed E-state index contributed by atoms with van der Waals surface area (Å²) in [5.41, 5.74) is 0. The zero-order valence-corrected chi connectivity index (χ0v) is 39.9. The Morgan fingerprint density at radius 3 is 0.569 bits per heavy atom. The van der Waals surface area contributed by atoms with Crippen molar-refractivity contribution in [1.29, 1.82) is 0 Å². The second-order valence-electron chi connectivity index (χ2n) is 16.6. The molecule has 7 rings (SSSR count). The van der Waals surface area contributed by atoms with Gasteiger partial charge < -0.3 is 34.0 Å². The molecule has 0 amide bonds. The molecule has 7 heteroatoms. The Balaban J connectivity index is -0.000000253. The number of hydrogen-bond donors (Lipinski definition) is 0. The number of rotatable bonds is 6. The van der Waals surface area contributed by atoms with E-state index in [0.717, 1.165) is 17.8 Å². The molecule has 7 fully saturated rings. The predicted octanol–water partition coefficient (Wildman–Crippen LogP) is 12.4. The van der Waals surface area contributed by atoms with Crippen LogP contribution in [0.4, 0.5) is 0 Å². The van der Waals surface area contributed by atoms with Gasteiger partial charge in [0.2, 0.25) is 0 Å². The van der Waals surface area contributed by atoms with Gasteiger partial charge in [-0.1, -0.05) is 167 Å². The molecule has 300 valence electrons. The molecule has 7 aliphatic carbocycles. The van der Waals surface area contributed by atoms with E-state index in [0.29, 0.717) is 0 Å². The fraction of sp³-hybridized carbons (Fsp3) is 0.932. The van der Waals surface area contributed by atoms with Crippen LogP contribution in [0.25, 0.3) is 0 Å². The second kappa shape index (κ2) is 44.9. The quantitative estimate of drug-likeness (QED) is 0.194. The Hall–Kier alpha value is 2.15. The summed E-state index contributed by atoms with van der Waals surface area (Å²) in [5.74, 6) is 2.67. The standard InChI is InChI=1S/3C8H16N.4C5H10.3Fe.Ti/c3*1-9(2)7-8-5-3-4-6-8;4*1-2-4-5-3-1;;;;/h3*5,8H,3-4,6-7H2,1-2H3;4*1-5H2;;;;/q3*-1;;;;;3*+2;+4. The normalized spacial score (nSPS) is 24.1. The van der Waals surface area contributed by atoms with Gasteiger partial charge in [-0.2, -0.15) is 37.0 Å². The molecule has 3 nitrogen and oxygen atoms in total. The van der Waals surface area contributed by atoms with Gasteiger partial charge in [-0.3, -0.25) is 0 Å². The van der Waals surface area contributed by atoms with Crippen LogP contribution in [0.1, 0.15) is 186 Å². The topological polar surface area (TPSA) is 9.72 Å². The summed E-state index contributed by atoms with van der Waals surface area (Å²) in [7, 11) is 12.9. The molecule has 7 aliphatic rings. The van der Waals surface area contributed by atoms with Gasteiger partial charge >= 0.3 is 72.9 Å². The zero-order valence-electron chi connectivity index (χ0n) is 35.0. The first kappa shape index (κ1) is 59.8. The average Bonchev–Trinajstić information content (AvgIpc) is 3.92. The first-order valence-corrected chi connectivity index (χ1v) is 21.3. The summed E-state index contributed by atoms with van der Waals surface area (Å²) in [6.45, 7) is 3.75. The molecular formula is C44H88Fe3N3Ti+7. The molecule has 3 atom stereocenters. The molecule has 51 heavy (non-hydrogen) atoms. The minimum Gasteiger partial charge on any atom is -0.324 e. The van der Waals surface area contributed by atoms with E-state index in [4.69, 9.17) is 0 Å². The minimum absolute atomic E-state index is 0. The third kappa shape index (κ3) is 43.1. The number of hydrogen-bond acceptors (Lipinski definition) is 3. The van der Waals surface area contributed by atoms with E-state index < -0.39 is 0 Å². The summed E-state index contributed by atoms with van der Waals surface area (Å²) in [5, 5.41) is 0. The molecular weight excluding hydrogens is 786 g/mol. The monoisotopic (exact) mass is 874 g/mol. The van der Waals surface area contributed by atoms with E-state index in [9.17, 15) is 0 Å². The van der Waals surface area contributed by atoms with Crippen molar-refractivity contribution in [1.82, 2.24) is 14.7 Å². The van der Waals surface area contributed by atoms with Gasteiger partial charge in [-0.15, -0.1) is 0 Å². The van der Waals surface area contributed by atoms with Crippen LogP contribution < -0.4 is 0 Å². The first-order chi connectivity index (χ1) is 22.9. The Labute approximate surface area is 369 Å². The Bertz CT molecular complexity index is 484. The summed E-state index contributed by atoms with van der Waals surface area (Å²) >= 11 is 0. The van der Waals surface area contributed by atoms with Crippen LogP contribution in [0.3, 0.4) is 0 Å². The Morgan fingerprint density at radius 2 is 0.471 bits per heavy atom. The molecule has 0 spiro atoms. The van der Waals surface area contributed by atoms with Gasteiger partial charge in [0.05, 0.1) is 0 Å². The fourth-order valence-corrected chi connectivity index (χ4v) is 7.99. The van der Waals surface area contributed by atoms with Gasteiger partial charge in [0, 0.05) is 0 Å². The van der Waals surface area contributed by atoms with Crippen LogP contribution in [-0.4, -0.2) is 76.6 Å². The smallest absolute Gasteiger partial charge is 0.324 e. The largest absolute Gasteiger partial charge is 4.00 e. The van der Waals surface area contributed by atoms with E-state index in [-0.39, 0.29) is 72.9 Å². The van der Waals surface area contributed by atoms with Crippen molar-refractivity contribution in [2.75, 3.05) is 61.9 Å². The van der Waals surface area contributed by atoms with Crippen LogP contribution in [0.2, 0.25) is 0 Å². The van der Waals surface area contributed by atoms with Crippen LogP contribution in [0.5, 0.6) is 0 Å². The maximum Gasteiger partial charge on any atom is 4.00 e. The average molecular weight is 875 g/mol. The fourth-order valence-electron chi connectivity index (χ4n) is 7.99. The van der Waals surface area contributed by atoms with Crippen molar-refractivity contribution in [3.05, 3.63) is 19.3 Å². The van der Waals surface area contributed by atoms with Crippen molar-refractivity contribution in [3.8, 4) is 0 Å². The third-order valence-corrected chi connectivity index (χ3v) is 10.6. The van der Waals surface area contributed by atoms with E-state index in [2.05, 4.69) is 76.2 Å². The molecule has 0 radical (unpaired) electrons. The summed E-state index contributed by atoms with van der Waals surface area (Å²) < 4.78 is 0. The van der Waals surface area contributed by atoms with Crippen LogP contribution in [-0.2, 0) is 72.9 Å². The van der Waals surface area contributed by atoms with Crippen LogP contribution in [0.15, 0.2) is 0 Å². The molecule has 0 aliphatic heterocycles. The predicted molar refractivity (Wildman–Crippen MR) is 213 cm³/mol. The van der Waals surface area contributed by atoms with Gasteiger partial charge in [-0.05, 0) is 61.9 Å². The van der Waals surface area contributed by atoms with Crippen LogP contribution >= 0.6 is 0 Å². The molecule has 0 aromatic heterocycles. The van der Waals surface area contributed by atoms with Gasteiger partial charge in [0.15, 0.2) is 0 Å². The summed E-state index contributed by atoms with van der Waals surface area (Å²) in [6.07, 6.45) is 49.9. The van der Waals surface area contributed by atoms with Gasteiger partial charge in [0.1, 0.15) is 0 Å². The molecule has 0 bridgehead atoms. The Morgan fingerprint density at radius 1 is 0.314 bits per heavy atom. The van der Waals surface area contributed by atoms with Crippen LogP contribution in [0, 0.1) is 37.0 Å². The molecule has 7 saturated carbocycles. The molecule has 0 N–H and O–H groups in total. The first-order valence-electron chi connectivity index (χ1n) is 21.3. The van der Waals surface area contributed by atoms with E-state index in [1.165, 1.54) is 206 Å². The van der Waals surface area contributed by atoms with Crippen molar-refractivity contribution in [2.45, 2.75) is 186 Å². The maximum atomic E-state index is 2.46. The molecule has 0 aromatic carbocycles. The molecule has 0 heterocycles. The maximum absolute atomic E-state index is 2.46. The van der Waals surface area contributed by atoms with Crippen molar-refractivity contribution < 1.29 is 72.9 Å².